The SMILES string of the molecule is CCCn1ccn(Cc2ccc(Br)cc2N)c1=O. The molecule has 0 aliphatic carbocycles. The Bertz CT molecular complexity index is 601. The van der Waals surface area contributed by atoms with Gasteiger partial charge in [0.1, 0.15) is 0 Å². The van der Waals surface area contributed by atoms with Crippen LogP contribution in [0.4, 0.5) is 5.69 Å². The Morgan fingerprint density at radius 1 is 1.28 bits per heavy atom. The number of halogens is 1. The molecule has 2 aromatic rings. The van der Waals surface area contributed by atoms with E-state index in [2.05, 4.69) is 22.9 Å². The van der Waals surface area contributed by atoms with Gasteiger partial charge in [0.25, 0.3) is 0 Å². The molecule has 2 rings (SSSR count). The fourth-order valence-electron chi connectivity index (χ4n) is 1.88. The summed E-state index contributed by atoms with van der Waals surface area (Å²) in [6, 6.07) is 5.71. The van der Waals surface area contributed by atoms with E-state index in [0.717, 1.165) is 23.0 Å². The number of nitrogens with zero attached hydrogens (tertiary/aromatic N) is 2. The molecule has 0 bridgehead atoms. The van der Waals surface area contributed by atoms with E-state index >= 15 is 0 Å². The first-order chi connectivity index (χ1) is 8.61. The van der Waals surface area contributed by atoms with Crippen molar-refractivity contribution >= 4 is 21.6 Å². The number of benzene rings is 1. The zero-order valence-electron chi connectivity index (χ0n) is 10.3. The number of hydrogen-bond donors (Lipinski definition) is 1. The smallest absolute Gasteiger partial charge is 0.328 e. The van der Waals surface area contributed by atoms with Crippen LogP contribution in [0.1, 0.15) is 18.9 Å². The lowest BCUT2D eigenvalue weighted by atomic mass is 10.2. The summed E-state index contributed by atoms with van der Waals surface area (Å²) in [6.07, 6.45) is 4.57. The number of aromatic nitrogens is 2. The van der Waals surface area contributed by atoms with Crippen LogP contribution in [0.25, 0.3) is 0 Å². The number of imidazole rings is 1. The molecule has 4 nitrogen and oxygen atoms in total. The summed E-state index contributed by atoms with van der Waals surface area (Å²) in [6.45, 7) is 3.31. The molecule has 0 amide bonds. The summed E-state index contributed by atoms with van der Waals surface area (Å²) in [7, 11) is 0. The molecule has 1 heterocycles. The Kier molecular flexibility index (Phi) is 3.91. The van der Waals surface area contributed by atoms with Crippen LogP contribution in [0.3, 0.4) is 0 Å². The molecule has 1 aromatic carbocycles. The highest BCUT2D eigenvalue weighted by molar-refractivity contribution is 9.10. The number of nitrogen functional groups attached to an aromatic ring is 1. The summed E-state index contributed by atoms with van der Waals surface area (Å²) in [5, 5.41) is 0. The van der Waals surface area contributed by atoms with Crippen LogP contribution in [0, 0.1) is 0 Å². The van der Waals surface area contributed by atoms with Crippen molar-refractivity contribution in [3.8, 4) is 0 Å². The third kappa shape index (κ3) is 2.67. The van der Waals surface area contributed by atoms with Gasteiger partial charge in [-0.2, -0.15) is 0 Å². The molecule has 0 saturated heterocycles. The normalized spacial score (nSPS) is 10.8. The number of aryl methyl sites for hydroxylation is 1. The molecule has 0 radical (unpaired) electrons. The number of rotatable bonds is 4. The maximum absolute atomic E-state index is 12.0. The van der Waals surface area contributed by atoms with Gasteiger partial charge in [-0.25, -0.2) is 4.79 Å². The van der Waals surface area contributed by atoms with E-state index in [1.54, 1.807) is 15.3 Å². The predicted molar refractivity (Wildman–Crippen MR) is 76.6 cm³/mol. The fraction of sp³-hybridized carbons (Fsp3) is 0.308. The Morgan fingerprint density at radius 2 is 2.00 bits per heavy atom. The summed E-state index contributed by atoms with van der Waals surface area (Å²) in [4.78, 5) is 12.0. The van der Waals surface area contributed by atoms with Gasteiger partial charge in [0.15, 0.2) is 0 Å². The second-order valence-corrected chi connectivity index (χ2v) is 5.16. The first-order valence-corrected chi connectivity index (χ1v) is 6.70. The molecule has 2 N–H and O–H groups in total. The van der Waals surface area contributed by atoms with E-state index < -0.39 is 0 Å². The van der Waals surface area contributed by atoms with Crippen molar-refractivity contribution in [3.05, 3.63) is 51.1 Å². The van der Waals surface area contributed by atoms with Gasteiger partial charge in [-0.05, 0) is 24.1 Å². The number of hydrogen-bond acceptors (Lipinski definition) is 2. The molecule has 0 unspecified atom stereocenters. The molecular weight excluding hydrogens is 294 g/mol. The Hall–Kier alpha value is -1.49. The minimum Gasteiger partial charge on any atom is -0.398 e. The maximum atomic E-state index is 12.0. The van der Waals surface area contributed by atoms with Crippen molar-refractivity contribution < 1.29 is 0 Å². The van der Waals surface area contributed by atoms with Gasteiger partial charge in [-0.3, -0.25) is 9.13 Å². The van der Waals surface area contributed by atoms with Crippen LogP contribution in [0.15, 0.2) is 39.9 Å². The van der Waals surface area contributed by atoms with Crippen LogP contribution in [0.2, 0.25) is 0 Å². The molecule has 96 valence electrons. The summed E-state index contributed by atoms with van der Waals surface area (Å²) in [5.41, 5.74) is 7.59. The van der Waals surface area contributed by atoms with E-state index in [0.29, 0.717) is 12.2 Å². The molecule has 0 atom stereocenters. The van der Waals surface area contributed by atoms with Gasteiger partial charge in [-0.15, -0.1) is 0 Å². The highest BCUT2D eigenvalue weighted by Gasteiger charge is 2.05. The zero-order valence-corrected chi connectivity index (χ0v) is 11.9. The third-order valence-electron chi connectivity index (χ3n) is 2.83. The summed E-state index contributed by atoms with van der Waals surface area (Å²) < 4.78 is 4.34. The van der Waals surface area contributed by atoms with Crippen LogP contribution < -0.4 is 11.4 Å². The highest BCUT2D eigenvalue weighted by atomic mass is 79.9. The van der Waals surface area contributed by atoms with Gasteiger partial charge in [0.05, 0.1) is 6.54 Å². The van der Waals surface area contributed by atoms with E-state index in [1.807, 2.05) is 24.4 Å². The second kappa shape index (κ2) is 5.44. The van der Waals surface area contributed by atoms with Gasteiger partial charge in [-0.1, -0.05) is 28.9 Å². The summed E-state index contributed by atoms with van der Waals surface area (Å²) in [5.74, 6) is 0. The molecule has 18 heavy (non-hydrogen) atoms. The van der Waals surface area contributed by atoms with Gasteiger partial charge < -0.3 is 5.73 Å². The Morgan fingerprint density at radius 3 is 2.67 bits per heavy atom. The number of anilines is 1. The van der Waals surface area contributed by atoms with Crippen molar-refractivity contribution in [2.24, 2.45) is 0 Å². The van der Waals surface area contributed by atoms with Gasteiger partial charge in [0, 0.05) is 29.1 Å². The Labute approximate surface area is 114 Å². The zero-order chi connectivity index (χ0) is 13.1. The third-order valence-corrected chi connectivity index (χ3v) is 3.32. The van der Waals surface area contributed by atoms with Crippen molar-refractivity contribution in [2.45, 2.75) is 26.4 Å². The molecule has 5 heteroatoms. The van der Waals surface area contributed by atoms with Crippen molar-refractivity contribution in [1.82, 2.24) is 9.13 Å². The lowest BCUT2D eigenvalue weighted by Crippen LogP contribution is -2.24. The molecule has 1 aromatic heterocycles. The van der Waals surface area contributed by atoms with Crippen LogP contribution >= 0.6 is 15.9 Å². The average molecular weight is 310 g/mol. The molecule has 0 spiro atoms. The lowest BCUT2D eigenvalue weighted by molar-refractivity contribution is 0.624. The highest BCUT2D eigenvalue weighted by Crippen LogP contribution is 2.19. The summed E-state index contributed by atoms with van der Waals surface area (Å²) >= 11 is 3.37. The Balaban J connectivity index is 2.26. The van der Waals surface area contributed by atoms with Crippen molar-refractivity contribution in [1.29, 1.82) is 0 Å². The van der Waals surface area contributed by atoms with Crippen molar-refractivity contribution in [3.63, 3.8) is 0 Å². The lowest BCUT2D eigenvalue weighted by Gasteiger charge is -2.06. The minimum absolute atomic E-state index is 0.0131. The minimum atomic E-state index is 0.0131. The van der Waals surface area contributed by atoms with Gasteiger partial charge >= 0.3 is 5.69 Å². The maximum Gasteiger partial charge on any atom is 0.328 e. The second-order valence-electron chi connectivity index (χ2n) is 4.25. The quantitative estimate of drug-likeness (QED) is 0.882. The van der Waals surface area contributed by atoms with Crippen molar-refractivity contribution in [2.75, 3.05) is 5.73 Å². The fourth-order valence-corrected chi connectivity index (χ4v) is 2.26. The largest absolute Gasteiger partial charge is 0.398 e. The number of nitrogens with two attached hydrogens (primary N) is 1. The first-order valence-electron chi connectivity index (χ1n) is 5.91. The standard InChI is InChI=1S/C13H16BrN3O/c1-2-5-16-6-7-17(13(16)18)9-10-3-4-11(14)8-12(10)15/h3-4,6-8H,2,5,9,15H2,1H3. The van der Waals surface area contributed by atoms with Crippen LogP contribution in [-0.4, -0.2) is 9.13 Å². The monoisotopic (exact) mass is 309 g/mol. The van der Waals surface area contributed by atoms with E-state index in [1.165, 1.54) is 0 Å². The van der Waals surface area contributed by atoms with E-state index in [-0.39, 0.29) is 5.69 Å². The first kappa shape index (κ1) is 13.0. The predicted octanol–water partition coefficient (Wildman–Crippen LogP) is 2.45. The van der Waals surface area contributed by atoms with Crippen LogP contribution in [0.5, 0.6) is 0 Å². The molecular formula is C13H16BrN3O. The van der Waals surface area contributed by atoms with Crippen LogP contribution in [-0.2, 0) is 13.1 Å². The van der Waals surface area contributed by atoms with E-state index in [4.69, 9.17) is 5.73 Å². The van der Waals surface area contributed by atoms with E-state index in [9.17, 15) is 4.79 Å². The molecule has 0 aliphatic heterocycles. The molecule has 0 aliphatic rings. The van der Waals surface area contributed by atoms with Gasteiger partial charge in [0.2, 0.25) is 0 Å². The molecule has 0 saturated carbocycles. The average Bonchev–Trinajstić information content (AvgIpc) is 2.66. The topological polar surface area (TPSA) is 52.9 Å². The molecule has 0 fully saturated rings.